The topological polar surface area (TPSA) is 54.8 Å². The first-order valence-electron chi connectivity index (χ1n) is 6.33. The molecule has 2 aromatic heterocycles. The maximum atomic E-state index is 5.21. The predicted octanol–water partition coefficient (Wildman–Crippen LogP) is 2.95. The molecular formula is C14H13N5S2. The summed E-state index contributed by atoms with van der Waals surface area (Å²) in [5.74, 6) is 0. The Labute approximate surface area is 131 Å². The van der Waals surface area contributed by atoms with E-state index in [1.807, 2.05) is 46.5 Å². The molecule has 0 bridgehead atoms. The van der Waals surface area contributed by atoms with E-state index in [9.17, 15) is 0 Å². The Morgan fingerprint density at radius 2 is 2.10 bits per heavy atom. The van der Waals surface area contributed by atoms with Crippen LogP contribution in [0.1, 0.15) is 0 Å². The van der Waals surface area contributed by atoms with Gasteiger partial charge in [0.1, 0.15) is 0 Å². The molecule has 0 radical (unpaired) electrons. The maximum absolute atomic E-state index is 5.21. The number of hydrogen-bond donors (Lipinski definition) is 2. The van der Waals surface area contributed by atoms with Crippen molar-refractivity contribution in [2.24, 2.45) is 0 Å². The fourth-order valence-corrected chi connectivity index (χ4v) is 2.55. The van der Waals surface area contributed by atoms with Crippen molar-refractivity contribution >= 4 is 33.8 Å². The predicted molar refractivity (Wildman–Crippen MR) is 89.1 cm³/mol. The SMILES string of the molecule is S=C(NCn1cnc(-c2ccccc2)c1)Nc1nccs1. The molecule has 3 rings (SSSR count). The van der Waals surface area contributed by atoms with E-state index in [4.69, 9.17) is 12.2 Å². The first-order valence-corrected chi connectivity index (χ1v) is 7.61. The monoisotopic (exact) mass is 315 g/mol. The van der Waals surface area contributed by atoms with Gasteiger partial charge in [-0.2, -0.15) is 0 Å². The number of imidazole rings is 1. The van der Waals surface area contributed by atoms with Gasteiger partial charge in [-0.05, 0) is 12.2 Å². The highest BCUT2D eigenvalue weighted by Crippen LogP contribution is 2.15. The number of thiazole rings is 1. The summed E-state index contributed by atoms with van der Waals surface area (Å²) in [4.78, 5) is 8.50. The van der Waals surface area contributed by atoms with Gasteiger partial charge in [0.05, 0.1) is 18.7 Å². The van der Waals surface area contributed by atoms with E-state index in [2.05, 4.69) is 20.6 Å². The minimum atomic E-state index is 0.542. The van der Waals surface area contributed by atoms with Gasteiger partial charge in [-0.25, -0.2) is 9.97 Å². The standard InChI is InChI=1S/C14H13N5S2/c20-13(18-14-15-6-7-21-14)17-10-19-8-12(16-9-19)11-4-2-1-3-5-11/h1-9H,10H2,(H2,15,17,18,20). The Hall–Kier alpha value is -2.25. The summed E-state index contributed by atoms with van der Waals surface area (Å²) in [6.07, 6.45) is 5.49. The highest BCUT2D eigenvalue weighted by molar-refractivity contribution is 7.80. The van der Waals surface area contributed by atoms with E-state index in [1.54, 1.807) is 12.5 Å². The molecule has 0 saturated heterocycles. The summed E-state index contributed by atoms with van der Waals surface area (Å²) in [6.45, 7) is 0.553. The van der Waals surface area contributed by atoms with Crippen LogP contribution in [0.4, 0.5) is 5.13 Å². The second-order valence-corrected chi connectivity index (χ2v) is 5.57. The van der Waals surface area contributed by atoms with Crippen LogP contribution in [0.5, 0.6) is 0 Å². The zero-order valence-corrected chi connectivity index (χ0v) is 12.7. The normalized spacial score (nSPS) is 10.3. The Morgan fingerprint density at radius 1 is 1.24 bits per heavy atom. The van der Waals surface area contributed by atoms with Crippen molar-refractivity contribution in [1.29, 1.82) is 0 Å². The van der Waals surface area contributed by atoms with Gasteiger partial charge >= 0.3 is 0 Å². The Balaban J connectivity index is 1.56. The number of anilines is 1. The average Bonchev–Trinajstić information content (AvgIpc) is 3.17. The van der Waals surface area contributed by atoms with Crippen LogP contribution in [-0.2, 0) is 6.67 Å². The third-order valence-electron chi connectivity index (χ3n) is 2.78. The molecule has 106 valence electrons. The summed E-state index contributed by atoms with van der Waals surface area (Å²) >= 11 is 6.72. The quantitative estimate of drug-likeness (QED) is 0.725. The van der Waals surface area contributed by atoms with Gasteiger partial charge in [-0.3, -0.25) is 0 Å². The molecular weight excluding hydrogens is 302 g/mol. The molecule has 0 amide bonds. The number of hydrogen-bond acceptors (Lipinski definition) is 4. The highest BCUT2D eigenvalue weighted by atomic mass is 32.1. The molecule has 0 aliphatic rings. The second-order valence-electron chi connectivity index (χ2n) is 4.27. The largest absolute Gasteiger partial charge is 0.345 e. The van der Waals surface area contributed by atoms with Crippen LogP contribution in [0.3, 0.4) is 0 Å². The molecule has 0 saturated carbocycles. The van der Waals surface area contributed by atoms with Gasteiger partial charge in [-0.1, -0.05) is 30.3 Å². The minimum absolute atomic E-state index is 0.542. The number of nitrogens with one attached hydrogen (secondary N) is 2. The molecule has 2 N–H and O–H groups in total. The van der Waals surface area contributed by atoms with Gasteiger partial charge in [0.15, 0.2) is 10.2 Å². The summed E-state index contributed by atoms with van der Waals surface area (Å²) in [5.41, 5.74) is 2.04. The van der Waals surface area contributed by atoms with E-state index < -0.39 is 0 Å². The lowest BCUT2D eigenvalue weighted by molar-refractivity contribution is 0.668. The average molecular weight is 315 g/mol. The highest BCUT2D eigenvalue weighted by Gasteiger charge is 2.02. The van der Waals surface area contributed by atoms with Crippen molar-refractivity contribution in [3.63, 3.8) is 0 Å². The fourth-order valence-electron chi connectivity index (χ4n) is 1.79. The summed E-state index contributed by atoms with van der Waals surface area (Å²) in [5, 5.41) is 9.35. The lowest BCUT2D eigenvalue weighted by Gasteiger charge is -2.08. The van der Waals surface area contributed by atoms with E-state index in [1.165, 1.54) is 11.3 Å². The molecule has 21 heavy (non-hydrogen) atoms. The molecule has 5 nitrogen and oxygen atoms in total. The number of aromatic nitrogens is 3. The first-order chi connectivity index (χ1) is 10.3. The van der Waals surface area contributed by atoms with Crippen molar-refractivity contribution < 1.29 is 0 Å². The first kappa shape index (κ1) is 13.7. The Bertz CT molecular complexity index is 706. The van der Waals surface area contributed by atoms with Crippen LogP contribution in [0.25, 0.3) is 11.3 Å². The molecule has 1 aromatic carbocycles. The Morgan fingerprint density at radius 3 is 2.86 bits per heavy atom. The minimum Gasteiger partial charge on any atom is -0.345 e. The van der Waals surface area contributed by atoms with Crippen LogP contribution in [0, 0.1) is 0 Å². The third kappa shape index (κ3) is 3.65. The van der Waals surface area contributed by atoms with Crippen molar-refractivity contribution in [3.05, 3.63) is 54.4 Å². The van der Waals surface area contributed by atoms with Crippen molar-refractivity contribution in [1.82, 2.24) is 19.9 Å². The molecule has 3 aromatic rings. The molecule has 2 heterocycles. The van der Waals surface area contributed by atoms with E-state index >= 15 is 0 Å². The Kier molecular flexibility index (Phi) is 4.23. The van der Waals surface area contributed by atoms with E-state index in [0.717, 1.165) is 16.4 Å². The van der Waals surface area contributed by atoms with Crippen LogP contribution < -0.4 is 10.6 Å². The lowest BCUT2D eigenvalue weighted by Crippen LogP contribution is -2.29. The van der Waals surface area contributed by atoms with Gasteiger partial charge in [0.25, 0.3) is 0 Å². The van der Waals surface area contributed by atoms with Crippen LogP contribution in [0.15, 0.2) is 54.4 Å². The summed E-state index contributed by atoms with van der Waals surface area (Å²) < 4.78 is 1.94. The lowest BCUT2D eigenvalue weighted by atomic mass is 10.2. The number of nitrogens with zero attached hydrogens (tertiary/aromatic N) is 3. The van der Waals surface area contributed by atoms with E-state index in [0.29, 0.717) is 11.8 Å². The molecule has 0 fully saturated rings. The van der Waals surface area contributed by atoms with Crippen molar-refractivity contribution in [2.75, 3.05) is 5.32 Å². The van der Waals surface area contributed by atoms with Gasteiger partial charge in [0, 0.05) is 23.3 Å². The van der Waals surface area contributed by atoms with Crippen molar-refractivity contribution in [3.8, 4) is 11.3 Å². The smallest absolute Gasteiger partial charge is 0.188 e. The second kappa shape index (κ2) is 6.47. The zero-order valence-electron chi connectivity index (χ0n) is 11.1. The van der Waals surface area contributed by atoms with Crippen LogP contribution in [0.2, 0.25) is 0 Å². The molecule has 0 atom stereocenters. The fraction of sp³-hybridized carbons (Fsp3) is 0.0714. The molecule has 0 spiro atoms. The number of benzene rings is 1. The van der Waals surface area contributed by atoms with E-state index in [-0.39, 0.29) is 0 Å². The third-order valence-corrected chi connectivity index (χ3v) is 3.71. The summed E-state index contributed by atoms with van der Waals surface area (Å²) in [6, 6.07) is 10.1. The summed E-state index contributed by atoms with van der Waals surface area (Å²) in [7, 11) is 0. The van der Waals surface area contributed by atoms with Crippen molar-refractivity contribution in [2.45, 2.75) is 6.67 Å². The van der Waals surface area contributed by atoms with Gasteiger partial charge < -0.3 is 15.2 Å². The van der Waals surface area contributed by atoms with Crippen LogP contribution >= 0.6 is 23.6 Å². The zero-order chi connectivity index (χ0) is 14.5. The maximum Gasteiger partial charge on any atom is 0.188 e. The number of thiocarbonyl (C=S) groups is 1. The number of rotatable bonds is 4. The van der Waals surface area contributed by atoms with Gasteiger partial charge in [0.2, 0.25) is 0 Å². The molecule has 0 aliphatic heterocycles. The molecule has 0 aliphatic carbocycles. The van der Waals surface area contributed by atoms with Gasteiger partial charge in [-0.15, -0.1) is 11.3 Å². The van der Waals surface area contributed by atoms with Crippen LogP contribution in [-0.4, -0.2) is 19.6 Å². The molecule has 7 heteroatoms. The molecule has 0 unspecified atom stereocenters.